The first kappa shape index (κ1) is 17.6. The summed E-state index contributed by atoms with van der Waals surface area (Å²) in [5.74, 6) is 1.77. The zero-order chi connectivity index (χ0) is 16.9. The van der Waals surface area contributed by atoms with Crippen LogP contribution in [-0.2, 0) is 6.54 Å². The monoisotopic (exact) mass is 390 g/mol. The van der Waals surface area contributed by atoms with Gasteiger partial charge in [0.2, 0.25) is 0 Å². The molecular formula is C19H27BrN4. The van der Waals surface area contributed by atoms with Crippen molar-refractivity contribution in [1.82, 2.24) is 20.2 Å². The Morgan fingerprint density at radius 3 is 2.83 bits per heavy atom. The summed E-state index contributed by atoms with van der Waals surface area (Å²) in [5.41, 5.74) is 2.23. The van der Waals surface area contributed by atoms with Gasteiger partial charge in [0.1, 0.15) is 5.82 Å². The summed E-state index contributed by atoms with van der Waals surface area (Å²) in [6, 6.07) is 8.89. The van der Waals surface area contributed by atoms with Crippen molar-refractivity contribution in [2.45, 2.75) is 39.3 Å². The number of aromatic nitrogens is 2. The maximum Gasteiger partial charge on any atom is 0.120 e. The molecule has 5 heteroatoms. The average molecular weight is 391 g/mol. The van der Waals surface area contributed by atoms with Crippen molar-refractivity contribution in [3.63, 3.8) is 0 Å². The molecule has 4 nitrogen and oxygen atoms in total. The van der Waals surface area contributed by atoms with E-state index in [1.54, 1.807) is 0 Å². The molecule has 1 aliphatic heterocycles. The molecule has 24 heavy (non-hydrogen) atoms. The van der Waals surface area contributed by atoms with Crippen LogP contribution in [0.5, 0.6) is 0 Å². The SMILES string of the molecule is CC(C)CN1CCC(NCc2ncc(-c3cccc(Br)c3)[nH]2)CC1. The lowest BCUT2D eigenvalue weighted by Gasteiger charge is -2.33. The standard InChI is InChI=1S/C19H27BrN4/c1-14(2)13-24-8-6-17(7-9-24)21-12-19-22-11-18(23-19)15-4-3-5-16(20)10-15/h3-5,10-11,14,17,21H,6-9,12-13H2,1-2H3,(H,22,23). The van der Waals surface area contributed by atoms with Crippen molar-refractivity contribution in [1.29, 1.82) is 0 Å². The second-order valence-corrected chi connectivity index (χ2v) is 8.02. The summed E-state index contributed by atoms with van der Waals surface area (Å²) in [4.78, 5) is 10.5. The van der Waals surface area contributed by atoms with E-state index in [4.69, 9.17) is 0 Å². The molecule has 0 unspecified atom stereocenters. The molecule has 130 valence electrons. The highest BCUT2D eigenvalue weighted by atomic mass is 79.9. The van der Waals surface area contributed by atoms with Crippen molar-refractivity contribution in [2.75, 3.05) is 19.6 Å². The van der Waals surface area contributed by atoms with Crippen molar-refractivity contribution in [3.05, 3.63) is 40.8 Å². The summed E-state index contributed by atoms with van der Waals surface area (Å²) in [6.45, 7) is 9.03. The van der Waals surface area contributed by atoms with Gasteiger partial charge in [0.25, 0.3) is 0 Å². The maximum atomic E-state index is 4.52. The van der Waals surface area contributed by atoms with E-state index in [0.29, 0.717) is 6.04 Å². The largest absolute Gasteiger partial charge is 0.341 e. The number of piperidine rings is 1. The van der Waals surface area contributed by atoms with Crippen LogP contribution in [0.4, 0.5) is 0 Å². The zero-order valence-corrected chi connectivity index (χ0v) is 16.1. The third kappa shape index (κ3) is 4.91. The smallest absolute Gasteiger partial charge is 0.120 e. The van der Waals surface area contributed by atoms with E-state index in [9.17, 15) is 0 Å². The predicted molar refractivity (Wildman–Crippen MR) is 103 cm³/mol. The van der Waals surface area contributed by atoms with Crippen LogP contribution in [-0.4, -0.2) is 40.5 Å². The third-order valence-corrected chi connectivity index (χ3v) is 5.03. The topological polar surface area (TPSA) is 44.0 Å². The number of H-pyrrole nitrogens is 1. The van der Waals surface area contributed by atoms with E-state index in [1.165, 1.54) is 32.5 Å². The quantitative estimate of drug-likeness (QED) is 0.781. The van der Waals surface area contributed by atoms with Gasteiger partial charge in [-0.15, -0.1) is 0 Å². The molecule has 1 aromatic heterocycles. The molecule has 2 aromatic rings. The van der Waals surface area contributed by atoms with Crippen LogP contribution in [0.1, 0.15) is 32.5 Å². The van der Waals surface area contributed by atoms with Gasteiger partial charge < -0.3 is 15.2 Å². The highest BCUT2D eigenvalue weighted by Crippen LogP contribution is 2.21. The van der Waals surface area contributed by atoms with Crippen LogP contribution >= 0.6 is 15.9 Å². The van der Waals surface area contributed by atoms with Crippen LogP contribution in [0.25, 0.3) is 11.3 Å². The number of nitrogens with one attached hydrogen (secondary N) is 2. The van der Waals surface area contributed by atoms with Gasteiger partial charge >= 0.3 is 0 Å². The van der Waals surface area contributed by atoms with Gasteiger partial charge in [-0.3, -0.25) is 0 Å². The van der Waals surface area contributed by atoms with Gasteiger partial charge in [-0.25, -0.2) is 4.98 Å². The molecule has 1 aromatic carbocycles. The number of aromatic amines is 1. The van der Waals surface area contributed by atoms with Crippen LogP contribution in [0.2, 0.25) is 0 Å². The molecule has 0 bridgehead atoms. The first-order valence-corrected chi connectivity index (χ1v) is 9.65. The Kier molecular flexibility index (Phi) is 6.09. The lowest BCUT2D eigenvalue weighted by atomic mass is 10.0. The van der Waals surface area contributed by atoms with Crippen LogP contribution < -0.4 is 5.32 Å². The zero-order valence-electron chi connectivity index (χ0n) is 14.6. The Morgan fingerprint density at radius 2 is 2.12 bits per heavy atom. The summed E-state index contributed by atoms with van der Waals surface area (Å²) in [5, 5.41) is 3.66. The Hall–Kier alpha value is -1.17. The molecule has 1 aliphatic rings. The molecule has 1 saturated heterocycles. The minimum absolute atomic E-state index is 0.604. The van der Waals surface area contributed by atoms with Crippen molar-refractivity contribution >= 4 is 15.9 Å². The van der Waals surface area contributed by atoms with E-state index in [2.05, 4.69) is 62.1 Å². The van der Waals surface area contributed by atoms with E-state index in [0.717, 1.165) is 34.0 Å². The van der Waals surface area contributed by atoms with Gasteiger partial charge in [-0.05, 0) is 44.0 Å². The summed E-state index contributed by atoms with van der Waals surface area (Å²) < 4.78 is 1.09. The number of benzene rings is 1. The van der Waals surface area contributed by atoms with E-state index in [1.807, 2.05) is 18.3 Å². The summed E-state index contributed by atoms with van der Waals surface area (Å²) in [7, 11) is 0. The van der Waals surface area contributed by atoms with Gasteiger partial charge in [-0.1, -0.05) is 41.9 Å². The number of hydrogen-bond donors (Lipinski definition) is 2. The molecular weight excluding hydrogens is 364 g/mol. The molecule has 0 saturated carbocycles. The minimum Gasteiger partial charge on any atom is -0.341 e. The van der Waals surface area contributed by atoms with Crippen LogP contribution in [0, 0.1) is 5.92 Å². The van der Waals surface area contributed by atoms with Gasteiger partial charge in [-0.2, -0.15) is 0 Å². The van der Waals surface area contributed by atoms with Crippen LogP contribution in [0.3, 0.4) is 0 Å². The first-order chi connectivity index (χ1) is 11.6. The molecule has 0 atom stereocenters. The fourth-order valence-corrected chi connectivity index (χ4v) is 3.73. The Balaban J connectivity index is 1.48. The van der Waals surface area contributed by atoms with Crippen LogP contribution in [0.15, 0.2) is 34.9 Å². The molecule has 2 heterocycles. The normalized spacial score (nSPS) is 16.8. The summed E-state index contributed by atoms with van der Waals surface area (Å²) >= 11 is 3.52. The maximum absolute atomic E-state index is 4.52. The van der Waals surface area contributed by atoms with E-state index in [-0.39, 0.29) is 0 Å². The number of halogens is 1. The van der Waals surface area contributed by atoms with Gasteiger partial charge in [0.15, 0.2) is 0 Å². The number of rotatable bonds is 6. The Bertz CT molecular complexity index is 644. The molecule has 0 aliphatic carbocycles. The minimum atomic E-state index is 0.604. The Morgan fingerprint density at radius 1 is 1.33 bits per heavy atom. The third-order valence-electron chi connectivity index (χ3n) is 4.53. The molecule has 0 radical (unpaired) electrons. The molecule has 0 spiro atoms. The highest BCUT2D eigenvalue weighted by molar-refractivity contribution is 9.10. The summed E-state index contributed by atoms with van der Waals surface area (Å²) in [6.07, 6.45) is 4.38. The second kappa shape index (κ2) is 8.28. The lowest BCUT2D eigenvalue weighted by molar-refractivity contribution is 0.179. The van der Waals surface area contributed by atoms with Gasteiger partial charge in [0, 0.05) is 22.6 Å². The van der Waals surface area contributed by atoms with Gasteiger partial charge in [0.05, 0.1) is 18.4 Å². The fraction of sp³-hybridized carbons (Fsp3) is 0.526. The van der Waals surface area contributed by atoms with Crippen molar-refractivity contribution < 1.29 is 0 Å². The Labute approximate surface area is 153 Å². The predicted octanol–water partition coefficient (Wildman–Crippen LogP) is 4.05. The molecule has 2 N–H and O–H groups in total. The lowest BCUT2D eigenvalue weighted by Crippen LogP contribution is -2.43. The molecule has 1 fully saturated rings. The second-order valence-electron chi connectivity index (χ2n) is 7.10. The first-order valence-electron chi connectivity index (χ1n) is 8.85. The number of hydrogen-bond acceptors (Lipinski definition) is 3. The molecule has 3 rings (SSSR count). The number of nitrogens with zero attached hydrogens (tertiary/aromatic N) is 2. The van der Waals surface area contributed by atoms with E-state index < -0.39 is 0 Å². The number of likely N-dealkylation sites (tertiary alicyclic amines) is 1. The molecule has 0 amide bonds. The number of imidazole rings is 1. The van der Waals surface area contributed by atoms with E-state index >= 15 is 0 Å². The van der Waals surface area contributed by atoms with Crippen molar-refractivity contribution in [3.8, 4) is 11.3 Å². The fourth-order valence-electron chi connectivity index (χ4n) is 3.33. The van der Waals surface area contributed by atoms with Crippen molar-refractivity contribution in [2.24, 2.45) is 5.92 Å². The highest BCUT2D eigenvalue weighted by Gasteiger charge is 2.19. The average Bonchev–Trinajstić information content (AvgIpc) is 3.03.